The van der Waals surface area contributed by atoms with Crippen LogP contribution in [0.25, 0.3) is 0 Å². The highest BCUT2D eigenvalue weighted by atomic mass is 16.2. The zero-order valence-corrected chi connectivity index (χ0v) is 13.0. The average molecular weight is 312 g/mol. The van der Waals surface area contributed by atoms with Gasteiger partial charge in [-0.3, -0.25) is 19.2 Å². The van der Waals surface area contributed by atoms with Gasteiger partial charge in [0.2, 0.25) is 24.1 Å². The molecular formula is C14H24N4O4. The molecule has 1 heterocycles. The molecule has 1 fully saturated rings. The summed E-state index contributed by atoms with van der Waals surface area (Å²) in [6.45, 7) is 3.96. The van der Waals surface area contributed by atoms with E-state index in [-0.39, 0.29) is 42.6 Å². The van der Waals surface area contributed by atoms with Gasteiger partial charge in [0.25, 0.3) is 0 Å². The van der Waals surface area contributed by atoms with Crippen molar-refractivity contribution < 1.29 is 19.2 Å². The molecule has 0 bridgehead atoms. The lowest BCUT2D eigenvalue weighted by Crippen LogP contribution is -2.49. The smallest absolute Gasteiger partial charge is 0.242 e. The van der Waals surface area contributed by atoms with Gasteiger partial charge in [-0.1, -0.05) is 13.3 Å². The van der Waals surface area contributed by atoms with Crippen molar-refractivity contribution in [2.45, 2.75) is 57.7 Å². The molecule has 22 heavy (non-hydrogen) atoms. The standard InChI is InChI=1S/C14H24N4O4/c1-3-4-10(16-8-19)5-13(21)17-9(2)14(22)18-11-6-12(20)15-7-11/h8-11H,3-7H2,1-2H3,(H,15,20)(H,16,19)(H,17,21)(H,18,22)/t9-,10?,11?/m1/s1. The molecule has 0 aromatic carbocycles. The second-order valence-corrected chi connectivity index (χ2v) is 5.48. The van der Waals surface area contributed by atoms with Gasteiger partial charge in [0.15, 0.2) is 0 Å². The number of amides is 4. The molecule has 1 saturated heterocycles. The summed E-state index contributed by atoms with van der Waals surface area (Å²) in [5.74, 6) is -0.717. The molecule has 1 aliphatic rings. The fourth-order valence-corrected chi connectivity index (χ4v) is 2.31. The monoisotopic (exact) mass is 312 g/mol. The number of carbonyl (C=O) groups excluding carboxylic acids is 4. The predicted molar refractivity (Wildman–Crippen MR) is 79.7 cm³/mol. The van der Waals surface area contributed by atoms with E-state index >= 15 is 0 Å². The van der Waals surface area contributed by atoms with Gasteiger partial charge >= 0.3 is 0 Å². The molecule has 8 nitrogen and oxygen atoms in total. The largest absolute Gasteiger partial charge is 0.355 e. The van der Waals surface area contributed by atoms with Gasteiger partial charge in [-0.05, 0) is 13.3 Å². The van der Waals surface area contributed by atoms with Crippen LogP contribution in [0.2, 0.25) is 0 Å². The fraction of sp³-hybridized carbons (Fsp3) is 0.714. The van der Waals surface area contributed by atoms with Crippen LogP contribution in [-0.4, -0.2) is 48.8 Å². The Bertz CT molecular complexity index is 427. The summed E-state index contributed by atoms with van der Waals surface area (Å²) in [6, 6.07) is -1.15. The molecular weight excluding hydrogens is 288 g/mol. The summed E-state index contributed by atoms with van der Waals surface area (Å²) in [5, 5.41) is 10.5. The minimum Gasteiger partial charge on any atom is -0.355 e. The van der Waals surface area contributed by atoms with Crippen LogP contribution in [0.3, 0.4) is 0 Å². The lowest BCUT2D eigenvalue weighted by molar-refractivity contribution is -0.129. The number of carbonyl (C=O) groups is 4. The molecule has 0 spiro atoms. The summed E-state index contributed by atoms with van der Waals surface area (Å²) in [4.78, 5) is 45.4. The first-order valence-corrected chi connectivity index (χ1v) is 7.52. The van der Waals surface area contributed by atoms with E-state index in [1.165, 1.54) is 0 Å². The zero-order valence-electron chi connectivity index (χ0n) is 13.0. The molecule has 0 aromatic rings. The third-order valence-electron chi connectivity index (χ3n) is 3.47. The minimum atomic E-state index is -0.693. The molecule has 4 amide bonds. The molecule has 4 N–H and O–H groups in total. The Morgan fingerprint density at radius 2 is 2.18 bits per heavy atom. The normalized spacial score (nSPS) is 19.7. The quantitative estimate of drug-likeness (QED) is 0.400. The number of rotatable bonds is 9. The lowest BCUT2D eigenvalue weighted by atomic mass is 10.1. The maximum Gasteiger partial charge on any atom is 0.242 e. The van der Waals surface area contributed by atoms with E-state index in [0.717, 1.165) is 6.42 Å². The first kappa shape index (κ1) is 17.9. The third kappa shape index (κ3) is 6.11. The van der Waals surface area contributed by atoms with Gasteiger partial charge in [0, 0.05) is 25.4 Å². The first-order chi connectivity index (χ1) is 10.5. The van der Waals surface area contributed by atoms with Crippen molar-refractivity contribution in [3.8, 4) is 0 Å². The Morgan fingerprint density at radius 1 is 1.45 bits per heavy atom. The summed E-state index contributed by atoms with van der Waals surface area (Å²) in [5.41, 5.74) is 0. The van der Waals surface area contributed by atoms with Crippen LogP contribution in [0, 0.1) is 0 Å². The molecule has 2 unspecified atom stereocenters. The molecule has 0 aromatic heterocycles. The van der Waals surface area contributed by atoms with E-state index in [2.05, 4.69) is 21.3 Å². The number of hydrogen-bond acceptors (Lipinski definition) is 4. The maximum absolute atomic E-state index is 11.9. The van der Waals surface area contributed by atoms with E-state index in [1.54, 1.807) is 6.92 Å². The van der Waals surface area contributed by atoms with E-state index < -0.39 is 6.04 Å². The zero-order chi connectivity index (χ0) is 16.5. The molecule has 0 aliphatic carbocycles. The molecule has 124 valence electrons. The topological polar surface area (TPSA) is 116 Å². The highest BCUT2D eigenvalue weighted by molar-refractivity contribution is 5.88. The van der Waals surface area contributed by atoms with Crippen LogP contribution >= 0.6 is 0 Å². The minimum absolute atomic E-state index is 0.0932. The molecule has 1 rings (SSSR count). The molecule has 1 aliphatic heterocycles. The van der Waals surface area contributed by atoms with Crippen LogP contribution < -0.4 is 21.3 Å². The fourth-order valence-electron chi connectivity index (χ4n) is 2.31. The number of nitrogens with one attached hydrogen (secondary N) is 4. The van der Waals surface area contributed by atoms with Crippen molar-refractivity contribution in [2.24, 2.45) is 0 Å². The van der Waals surface area contributed by atoms with E-state index in [0.29, 0.717) is 19.4 Å². The predicted octanol–water partition coefficient (Wildman–Crippen LogP) is -1.20. The van der Waals surface area contributed by atoms with Crippen LogP contribution in [0.15, 0.2) is 0 Å². The van der Waals surface area contributed by atoms with Crippen LogP contribution in [0.1, 0.15) is 39.5 Å². The van der Waals surface area contributed by atoms with E-state index in [4.69, 9.17) is 0 Å². The Balaban J connectivity index is 2.36. The van der Waals surface area contributed by atoms with Crippen LogP contribution in [0.5, 0.6) is 0 Å². The lowest BCUT2D eigenvalue weighted by Gasteiger charge is -2.19. The third-order valence-corrected chi connectivity index (χ3v) is 3.47. The van der Waals surface area contributed by atoms with Crippen molar-refractivity contribution >= 4 is 24.1 Å². The van der Waals surface area contributed by atoms with Crippen molar-refractivity contribution in [1.82, 2.24) is 21.3 Å². The Labute approximate surface area is 129 Å². The number of hydrogen-bond donors (Lipinski definition) is 4. The highest BCUT2D eigenvalue weighted by Crippen LogP contribution is 2.02. The van der Waals surface area contributed by atoms with Crippen LogP contribution in [-0.2, 0) is 19.2 Å². The average Bonchev–Trinajstić information content (AvgIpc) is 2.84. The van der Waals surface area contributed by atoms with Gasteiger partial charge in [0.05, 0.1) is 6.04 Å². The molecule has 0 radical (unpaired) electrons. The van der Waals surface area contributed by atoms with Crippen molar-refractivity contribution in [2.75, 3.05) is 6.54 Å². The van der Waals surface area contributed by atoms with Gasteiger partial charge in [-0.25, -0.2) is 0 Å². The molecule has 8 heteroatoms. The molecule has 3 atom stereocenters. The second kappa shape index (κ2) is 9.01. The summed E-state index contributed by atoms with van der Waals surface area (Å²) in [7, 11) is 0. The van der Waals surface area contributed by atoms with Gasteiger partial charge in [-0.15, -0.1) is 0 Å². The summed E-state index contributed by atoms with van der Waals surface area (Å²) in [6.07, 6.45) is 2.51. The van der Waals surface area contributed by atoms with Gasteiger partial charge in [-0.2, -0.15) is 0 Å². The Morgan fingerprint density at radius 3 is 2.73 bits per heavy atom. The van der Waals surface area contributed by atoms with Crippen molar-refractivity contribution in [3.05, 3.63) is 0 Å². The van der Waals surface area contributed by atoms with E-state index in [1.807, 2.05) is 6.92 Å². The van der Waals surface area contributed by atoms with Gasteiger partial charge < -0.3 is 21.3 Å². The van der Waals surface area contributed by atoms with Crippen LogP contribution in [0.4, 0.5) is 0 Å². The van der Waals surface area contributed by atoms with E-state index in [9.17, 15) is 19.2 Å². The first-order valence-electron chi connectivity index (χ1n) is 7.52. The van der Waals surface area contributed by atoms with Gasteiger partial charge in [0.1, 0.15) is 6.04 Å². The molecule has 0 saturated carbocycles. The highest BCUT2D eigenvalue weighted by Gasteiger charge is 2.25. The maximum atomic E-state index is 11.9. The second-order valence-electron chi connectivity index (χ2n) is 5.48. The van der Waals surface area contributed by atoms with Crippen molar-refractivity contribution in [1.29, 1.82) is 0 Å². The van der Waals surface area contributed by atoms with Crippen molar-refractivity contribution in [3.63, 3.8) is 0 Å². The summed E-state index contributed by atoms with van der Waals surface area (Å²) < 4.78 is 0. The Hall–Kier alpha value is -2.12. The summed E-state index contributed by atoms with van der Waals surface area (Å²) >= 11 is 0. The SMILES string of the molecule is CCCC(CC(=O)N[C@H](C)C(=O)NC1CNC(=O)C1)NC=O. The Kier molecular flexibility index (Phi) is 7.34.